The Kier molecular flexibility index (Phi) is 6.64. The summed E-state index contributed by atoms with van der Waals surface area (Å²) in [7, 11) is 0. The van der Waals surface area contributed by atoms with E-state index in [0.29, 0.717) is 18.9 Å². The fourth-order valence-electron chi connectivity index (χ4n) is 1.82. The summed E-state index contributed by atoms with van der Waals surface area (Å²) in [6.45, 7) is 2.15. The molecular weight excluding hydrogens is 214 g/mol. The molecule has 1 fully saturated rings. The second kappa shape index (κ2) is 7.85. The molecule has 1 rings (SSSR count). The number of nitrogens with one attached hydrogen (secondary N) is 1. The lowest BCUT2D eigenvalue weighted by molar-refractivity contribution is -0.0207. The van der Waals surface area contributed by atoms with Crippen LogP contribution in [0.15, 0.2) is 11.6 Å². The van der Waals surface area contributed by atoms with Crippen molar-refractivity contribution in [2.75, 3.05) is 19.8 Å². The van der Waals surface area contributed by atoms with Crippen molar-refractivity contribution in [2.45, 2.75) is 25.4 Å². The molecule has 86 valence electrons. The Morgan fingerprint density at radius 1 is 1.47 bits per heavy atom. The van der Waals surface area contributed by atoms with E-state index in [9.17, 15) is 0 Å². The maximum Gasteiger partial charge on any atom is 0.0662 e. The summed E-state index contributed by atoms with van der Waals surface area (Å²) in [5.74, 6) is 0.518. The standard InChI is InChI=1S/C11H18ClNO2/c12-5-1-7-15-11(2-6-13)10-3-8-14-9-4-10/h1,5-6,10-11,13H,2-4,7-9H2. The lowest BCUT2D eigenvalue weighted by Gasteiger charge is -2.29. The van der Waals surface area contributed by atoms with Crippen LogP contribution < -0.4 is 0 Å². The van der Waals surface area contributed by atoms with Gasteiger partial charge in [0, 0.05) is 25.2 Å². The van der Waals surface area contributed by atoms with E-state index >= 15 is 0 Å². The predicted molar refractivity (Wildman–Crippen MR) is 61.7 cm³/mol. The van der Waals surface area contributed by atoms with Crippen molar-refractivity contribution in [3.8, 4) is 0 Å². The summed E-state index contributed by atoms with van der Waals surface area (Å²) in [6, 6.07) is 0. The largest absolute Gasteiger partial charge is 0.381 e. The first-order valence-corrected chi connectivity index (χ1v) is 5.75. The first-order chi connectivity index (χ1) is 7.38. The van der Waals surface area contributed by atoms with Crippen LogP contribution in [0.5, 0.6) is 0 Å². The van der Waals surface area contributed by atoms with Crippen LogP contribution in [-0.4, -0.2) is 32.1 Å². The zero-order valence-electron chi connectivity index (χ0n) is 8.82. The monoisotopic (exact) mass is 231 g/mol. The second-order valence-corrected chi connectivity index (χ2v) is 3.88. The quantitative estimate of drug-likeness (QED) is 0.714. The van der Waals surface area contributed by atoms with Crippen LogP contribution in [0.3, 0.4) is 0 Å². The van der Waals surface area contributed by atoms with E-state index in [1.807, 2.05) is 0 Å². The molecule has 0 saturated carbocycles. The molecule has 1 N–H and O–H groups in total. The highest BCUT2D eigenvalue weighted by Gasteiger charge is 2.23. The lowest BCUT2D eigenvalue weighted by atomic mass is 9.92. The van der Waals surface area contributed by atoms with E-state index in [4.69, 9.17) is 26.5 Å². The highest BCUT2D eigenvalue weighted by molar-refractivity contribution is 6.25. The van der Waals surface area contributed by atoms with Gasteiger partial charge in [-0.15, -0.1) is 0 Å². The number of hydrogen-bond acceptors (Lipinski definition) is 3. The molecule has 0 aromatic heterocycles. The van der Waals surface area contributed by atoms with Crippen molar-refractivity contribution >= 4 is 17.8 Å². The summed E-state index contributed by atoms with van der Waals surface area (Å²) in [5, 5.41) is 7.15. The third-order valence-electron chi connectivity index (χ3n) is 2.64. The minimum atomic E-state index is 0.138. The Morgan fingerprint density at radius 3 is 2.80 bits per heavy atom. The van der Waals surface area contributed by atoms with Gasteiger partial charge in [-0.3, -0.25) is 0 Å². The van der Waals surface area contributed by atoms with Gasteiger partial charge in [0.05, 0.1) is 12.7 Å². The molecule has 1 aliphatic rings. The summed E-state index contributed by atoms with van der Waals surface area (Å²) in [4.78, 5) is 0. The first-order valence-electron chi connectivity index (χ1n) is 5.32. The van der Waals surface area contributed by atoms with E-state index in [0.717, 1.165) is 26.1 Å². The van der Waals surface area contributed by atoms with Gasteiger partial charge < -0.3 is 14.9 Å². The third-order valence-corrected chi connectivity index (χ3v) is 2.82. The lowest BCUT2D eigenvalue weighted by Crippen LogP contribution is -2.30. The molecule has 15 heavy (non-hydrogen) atoms. The van der Waals surface area contributed by atoms with Crippen molar-refractivity contribution in [2.24, 2.45) is 5.92 Å². The van der Waals surface area contributed by atoms with Crippen LogP contribution >= 0.6 is 11.6 Å². The molecule has 0 bridgehead atoms. The maximum absolute atomic E-state index is 7.15. The van der Waals surface area contributed by atoms with Crippen molar-refractivity contribution in [1.29, 1.82) is 5.41 Å². The number of hydrogen-bond donors (Lipinski definition) is 1. The van der Waals surface area contributed by atoms with E-state index in [1.54, 1.807) is 6.08 Å². The summed E-state index contributed by atoms with van der Waals surface area (Å²) < 4.78 is 11.0. The van der Waals surface area contributed by atoms with E-state index < -0.39 is 0 Å². The fraction of sp³-hybridized carbons (Fsp3) is 0.727. The van der Waals surface area contributed by atoms with E-state index in [2.05, 4.69) is 0 Å². The number of halogens is 1. The fourth-order valence-corrected chi connectivity index (χ4v) is 1.89. The second-order valence-electron chi connectivity index (χ2n) is 3.62. The smallest absolute Gasteiger partial charge is 0.0662 e. The van der Waals surface area contributed by atoms with Gasteiger partial charge in [-0.1, -0.05) is 11.6 Å². The van der Waals surface area contributed by atoms with Crippen LogP contribution in [-0.2, 0) is 9.47 Å². The van der Waals surface area contributed by atoms with Gasteiger partial charge in [-0.2, -0.15) is 0 Å². The Bertz CT molecular complexity index is 203. The summed E-state index contributed by atoms with van der Waals surface area (Å²) in [6.07, 6.45) is 6.08. The molecule has 0 aliphatic carbocycles. The normalized spacial score (nSPS) is 20.6. The van der Waals surface area contributed by atoms with E-state index in [1.165, 1.54) is 11.7 Å². The van der Waals surface area contributed by atoms with Crippen LogP contribution in [0.1, 0.15) is 19.3 Å². The van der Waals surface area contributed by atoms with Gasteiger partial charge >= 0.3 is 0 Å². The van der Waals surface area contributed by atoms with Crippen LogP contribution in [0.25, 0.3) is 0 Å². The van der Waals surface area contributed by atoms with Crippen molar-refractivity contribution in [3.05, 3.63) is 11.6 Å². The van der Waals surface area contributed by atoms with Gasteiger partial charge in [0.2, 0.25) is 0 Å². The van der Waals surface area contributed by atoms with Crippen LogP contribution in [0, 0.1) is 11.3 Å². The summed E-state index contributed by atoms with van der Waals surface area (Å²) >= 11 is 5.42. The van der Waals surface area contributed by atoms with Crippen LogP contribution in [0.2, 0.25) is 0 Å². The van der Waals surface area contributed by atoms with Gasteiger partial charge in [-0.25, -0.2) is 0 Å². The number of ether oxygens (including phenoxy) is 2. The highest BCUT2D eigenvalue weighted by atomic mass is 35.5. The molecule has 3 nitrogen and oxygen atoms in total. The molecule has 4 heteroatoms. The van der Waals surface area contributed by atoms with E-state index in [-0.39, 0.29) is 6.10 Å². The molecular formula is C11H18ClNO2. The third kappa shape index (κ3) is 4.78. The Labute approximate surface area is 95.9 Å². The SMILES string of the molecule is N=CCC(OCC=CCl)C1CCOCC1. The maximum atomic E-state index is 7.15. The van der Waals surface area contributed by atoms with Gasteiger partial charge in [0.25, 0.3) is 0 Å². The van der Waals surface area contributed by atoms with Crippen molar-refractivity contribution in [1.82, 2.24) is 0 Å². The van der Waals surface area contributed by atoms with Crippen molar-refractivity contribution in [3.63, 3.8) is 0 Å². The average Bonchev–Trinajstić information content (AvgIpc) is 2.29. The Hall–Kier alpha value is -0.380. The molecule has 0 spiro atoms. The number of rotatable bonds is 6. The average molecular weight is 232 g/mol. The Balaban J connectivity index is 2.36. The summed E-state index contributed by atoms with van der Waals surface area (Å²) in [5.41, 5.74) is 1.46. The molecule has 1 atom stereocenters. The minimum absolute atomic E-state index is 0.138. The van der Waals surface area contributed by atoms with Gasteiger partial charge in [0.15, 0.2) is 0 Å². The predicted octanol–water partition coefficient (Wildman–Crippen LogP) is 2.59. The molecule has 0 amide bonds. The zero-order valence-corrected chi connectivity index (χ0v) is 9.58. The molecule has 1 unspecified atom stereocenters. The first kappa shape index (κ1) is 12.7. The van der Waals surface area contributed by atoms with Crippen molar-refractivity contribution < 1.29 is 9.47 Å². The molecule has 1 heterocycles. The van der Waals surface area contributed by atoms with Gasteiger partial charge in [0.1, 0.15) is 0 Å². The molecule has 0 radical (unpaired) electrons. The molecule has 1 saturated heterocycles. The zero-order chi connectivity index (χ0) is 10.9. The van der Waals surface area contributed by atoms with Gasteiger partial charge in [-0.05, 0) is 31.1 Å². The minimum Gasteiger partial charge on any atom is -0.381 e. The Morgan fingerprint density at radius 2 is 2.20 bits per heavy atom. The molecule has 0 aromatic rings. The van der Waals surface area contributed by atoms with Crippen LogP contribution in [0.4, 0.5) is 0 Å². The molecule has 0 aromatic carbocycles. The molecule has 1 aliphatic heterocycles. The topological polar surface area (TPSA) is 42.3 Å². The highest BCUT2D eigenvalue weighted by Crippen LogP contribution is 2.22.